The maximum absolute atomic E-state index is 5.56. The first-order valence-electron chi connectivity index (χ1n) is 12.8. The fourth-order valence-corrected chi connectivity index (χ4v) is 4.60. The van der Waals surface area contributed by atoms with Crippen molar-refractivity contribution in [3.63, 3.8) is 0 Å². The number of anilines is 3. The molecule has 204 valence electrons. The molecular weight excluding hydrogens is 496 g/mol. The van der Waals surface area contributed by atoms with Crippen LogP contribution in [0.5, 0.6) is 28.7 Å². The molecule has 0 unspecified atom stereocenters. The highest BCUT2D eigenvalue weighted by atomic mass is 16.5. The highest BCUT2D eigenvalue weighted by Crippen LogP contribution is 2.42. The van der Waals surface area contributed by atoms with Gasteiger partial charge in [-0.2, -0.15) is 0 Å². The molecule has 1 aliphatic rings. The Balaban J connectivity index is 1.44. The normalized spacial score (nSPS) is 13.5. The third-order valence-electron chi connectivity index (χ3n) is 6.85. The molecule has 0 amide bonds. The molecule has 4 aromatic rings. The van der Waals surface area contributed by atoms with Crippen LogP contribution < -0.4 is 34.3 Å². The fraction of sp³-hybridized carbons (Fsp3) is 0.333. The lowest BCUT2D eigenvalue weighted by atomic mass is 10.1. The minimum absolute atomic E-state index is 0.0371. The van der Waals surface area contributed by atoms with Gasteiger partial charge in [-0.3, -0.25) is 0 Å². The molecule has 1 saturated carbocycles. The third-order valence-corrected chi connectivity index (χ3v) is 6.85. The molecule has 9 nitrogen and oxygen atoms in total. The zero-order valence-corrected chi connectivity index (χ0v) is 23.1. The molecule has 39 heavy (non-hydrogen) atoms. The Hall–Kier alpha value is -4.40. The first-order valence-corrected chi connectivity index (χ1v) is 12.8. The Labute approximate surface area is 228 Å². The summed E-state index contributed by atoms with van der Waals surface area (Å²) in [6.45, 7) is 2.12. The number of hydrogen-bond acceptors (Lipinski definition) is 9. The van der Waals surface area contributed by atoms with Crippen molar-refractivity contribution in [1.29, 1.82) is 0 Å². The van der Waals surface area contributed by atoms with Gasteiger partial charge in [0.15, 0.2) is 23.0 Å². The van der Waals surface area contributed by atoms with E-state index in [1.54, 1.807) is 35.5 Å². The van der Waals surface area contributed by atoms with Crippen LogP contribution in [0.3, 0.4) is 0 Å². The van der Waals surface area contributed by atoms with Gasteiger partial charge in [0, 0.05) is 40.9 Å². The SMILES string of the molecule is COc1cc2nc(C3CC3)nc(N[C@H](C)c3cccc(Nc4cc(OC)c(OC)c(OC)c4)c3)c2cc1OC. The number of aromatic nitrogens is 2. The van der Waals surface area contributed by atoms with Gasteiger partial charge in [0.25, 0.3) is 0 Å². The van der Waals surface area contributed by atoms with E-state index in [0.29, 0.717) is 34.7 Å². The van der Waals surface area contributed by atoms with Crippen molar-refractivity contribution in [3.8, 4) is 28.7 Å². The van der Waals surface area contributed by atoms with Gasteiger partial charge in [0.1, 0.15) is 11.6 Å². The van der Waals surface area contributed by atoms with E-state index >= 15 is 0 Å². The molecule has 1 aliphatic carbocycles. The van der Waals surface area contributed by atoms with Gasteiger partial charge in [-0.1, -0.05) is 12.1 Å². The smallest absolute Gasteiger partial charge is 0.203 e. The molecule has 0 aliphatic heterocycles. The summed E-state index contributed by atoms with van der Waals surface area (Å²) in [5.74, 6) is 5.05. The number of nitrogens with zero attached hydrogens (tertiary/aromatic N) is 2. The fourth-order valence-electron chi connectivity index (χ4n) is 4.60. The molecule has 1 aromatic heterocycles. The van der Waals surface area contributed by atoms with Gasteiger partial charge in [-0.05, 0) is 43.5 Å². The summed E-state index contributed by atoms with van der Waals surface area (Å²) in [4.78, 5) is 9.77. The van der Waals surface area contributed by atoms with E-state index < -0.39 is 0 Å². The number of fused-ring (bicyclic) bond motifs is 1. The lowest BCUT2D eigenvalue weighted by molar-refractivity contribution is 0.324. The average Bonchev–Trinajstić information content (AvgIpc) is 3.81. The average molecular weight is 531 g/mol. The van der Waals surface area contributed by atoms with Crippen LogP contribution in [0.15, 0.2) is 48.5 Å². The zero-order chi connectivity index (χ0) is 27.5. The second-order valence-corrected chi connectivity index (χ2v) is 9.46. The van der Waals surface area contributed by atoms with Crippen LogP contribution in [-0.4, -0.2) is 45.5 Å². The van der Waals surface area contributed by atoms with E-state index in [0.717, 1.165) is 52.3 Å². The lowest BCUT2D eigenvalue weighted by Gasteiger charge is -2.19. The molecule has 1 fully saturated rings. The van der Waals surface area contributed by atoms with Crippen molar-refractivity contribution in [2.24, 2.45) is 0 Å². The number of methoxy groups -OCH3 is 5. The quantitative estimate of drug-likeness (QED) is 0.226. The van der Waals surface area contributed by atoms with Crippen LogP contribution >= 0.6 is 0 Å². The van der Waals surface area contributed by atoms with Gasteiger partial charge in [0.2, 0.25) is 5.75 Å². The molecule has 2 N–H and O–H groups in total. The van der Waals surface area contributed by atoms with Crippen molar-refractivity contribution in [2.45, 2.75) is 31.7 Å². The molecule has 0 bridgehead atoms. The Morgan fingerprint density at radius 1 is 0.744 bits per heavy atom. The second-order valence-electron chi connectivity index (χ2n) is 9.46. The van der Waals surface area contributed by atoms with Gasteiger partial charge in [-0.15, -0.1) is 0 Å². The summed E-state index contributed by atoms with van der Waals surface area (Å²) in [7, 11) is 8.06. The van der Waals surface area contributed by atoms with Gasteiger partial charge < -0.3 is 34.3 Å². The molecule has 0 radical (unpaired) electrons. The minimum atomic E-state index is -0.0371. The maximum atomic E-state index is 5.56. The largest absolute Gasteiger partial charge is 0.493 e. The topological polar surface area (TPSA) is 96.0 Å². The molecule has 3 aromatic carbocycles. The standard InChI is InChI=1S/C30H34N4O5/c1-17(19-8-7-9-20(12-19)32-21-13-26(37-4)28(39-6)27(14-21)38-5)31-30-22-15-24(35-2)25(36-3)16-23(22)33-29(34-30)18-10-11-18/h7-9,12-18,32H,10-11H2,1-6H3,(H,31,33,34)/t17-/m1/s1. The predicted molar refractivity (Wildman–Crippen MR) is 152 cm³/mol. The first kappa shape index (κ1) is 26.2. The molecule has 1 atom stereocenters. The van der Waals surface area contributed by atoms with E-state index in [9.17, 15) is 0 Å². The van der Waals surface area contributed by atoms with Gasteiger partial charge >= 0.3 is 0 Å². The lowest BCUT2D eigenvalue weighted by Crippen LogP contribution is -2.10. The monoisotopic (exact) mass is 530 g/mol. The molecule has 0 saturated heterocycles. The van der Waals surface area contributed by atoms with E-state index in [1.807, 2.05) is 36.4 Å². The molecule has 1 heterocycles. The third kappa shape index (κ3) is 5.43. The van der Waals surface area contributed by atoms with Crippen molar-refractivity contribution in [3.05, 3.63) is 59.9 Å². The molecule has 5 rings (SSSR count). The number of rotatable bonds is 11. The highest BCUT2D eigenvalue weighted by Gasteiger charge is 2.28. The predicted octanol–water partition coefficient (Wildman–Crippen LogP) is 6.47. The van der Waals surface area contributed by atoms with Crippen LogP contribution in [0, 0.1) is 0 Å². The number of nitrogens with one attached hydrogen (secondary N) is 2. The summed E-state index contributed by atoms with van der Waals surface area (Å²) in [5.41, 5.74) is 3.66. The van der Waals surface area contributed by atoms with Crippen LogP contribution in [0.2, 0.25) is 0 Å². The van der Waals surface area contributed by atoms with Crippen LogP contribution in [-0.2, 0) is 0 Å². The second kappa shape index (κ2) is 11.1. The van der Waals surface area contributed by atoms with Gasteiger partial charge in [0.05, 0.1) is 47.1 Å². The van der Waals surface area contributed by atoms with E-state index in [-0.39, 0.29) is 6.04 Å². The van der Waals surface area contributed by atoms with Crippen LogP contribution in [0.1, 0.15) is 43.1 Å². The summed E-state index contributed by atoms with van der Waals surface area (Å²) < 4.78 is 27.5. The van der Waals surface area contributed by atoms with E-state index in [2.05, 4.69) is 29.7 Å². The summed E-state index contributed by atoms with van der Waals surface area (Å²) >= 11 is 0. The zero-order valence-electron chi connectivity index (χ0n) is 23.1. The van der Waals surface area contributed by atoms with E-state index in [4.69, 9.17) is 33.7 Å². The van der Waals surface area contributed by atoms with Crippen molar-refractivity contribution >= 4 is 28.1 Å². The van der Waals surface area contributed by atoms with Crippen molar-refractivity contribution in [1.82, 2.24) is 9.97 Å². The number of hydrogen-bond donors (Lipinski definition) is 2. The first-order chi connectivity index (χ1) is 19.0. The Bertz CT molecular complexity index is 1460. The maximum Gasteiger partial charge on any atom is 0.203 e. The Morgan fingerprint density at radius 2 is 1.41 bits per heavy atom. The molecule has 0 spiro atoms. The summed E-state index contributed by atoms with van der Waals surface area (Å²) in [5, 5.41) is 7.96. The molecule has 9 heteroatoms. The summed E-state index contributed by atoms with van der Waals surface area (Å²) in [6.07, 6.45) is 2.23. The Morgan fingerprint density at radius 3 is 2.03 bits per heavy atom. The summed E-state index contributed by atoms with van der Waals surface area (Å²) in [6, 6.07) is 15.8. The van der Waals surface area contributed by atoms with Crippen molar-refractivity contribution in [2.75, 3.05) is 46.2 Å². The Kier molecular flexibility index (Phi) is 7.49. The highest BCUT2D eigenvalue weighted by molar-refractivity contribution is 5.92. The minimum Gasteiger partial charge on any atom is -0.493 e. The molecular formula is C30H34N4O5. The van der Waals surface area contributed by atoms with Crippen molar-refractivity contribution < 1.29 is 23.7 Å². The van der Waals surface area contributed by atoms with E-state index in [1.165, 1.54) is 0 Å². The van der Waals surface area contributed by atoms with Crippen LogP contribution in [0.25, 0.3) is 10.9 Å². The number of benzene rings is 3. The van der Waals surface area contributed by atoms with Crippen LogP contribution in [0.4, 0.5) is 17.2 Å². The van der Waals surface area contributed by atoms with Gasteiger partial charge in [-0.25, -0.2) is 9.97 Å². The number of ether oxygens (including phenoxy) is 5.